The van der Waals surface area contributed by atoms with Crippen molar-refractivity contribution in [3.05, 3.63) is 34.7 Å². The van der Waals surface area contributed by atoms with Gasteiger partial charge in [-0.1, -0.05) is 6.42 Å². The molecule has 2 fully saturated rings. The van der Waals surface area contributed by atoms with Crippen LogP contribution in [0.2, 0.25) is 0 Å². The van der Waals surface area contributed by atoms with Gasteiger partial charge in [0.1, 0.15) is 0 Å². The summed E-state index contributed by atoms with van der Waals surface area (Å²) in [7, 11) is 0. The predicted molar refractivity (Wildman–Crippen MR) is 83.6 cm³/mol. The van der Waals surface area contributed by atoms with E-state index in [0.717, 1.165) is 24.2 Å². The molecule has 4 rings (SSSR count). The maximum atomic E-state index is 12.4. The van der Waals surface area contributed by atoms with E-state index in [0.29, 0.717) is 17.9 Å². The molecule has 0 amide bonds. The van der Waals surface area contributed by atoms with Gasteiger partial charge in [0, 0.05) is 12.2 Å². The first-order chi connectivity index (χ1) is 10.7. The lowest BCUT2D eigenvalue weighted by Gasteiger charge is -2.20. The average molecular weight is 299 g/mol. The highest BCUT2D eigenvalue weighted by Crippen LogP contribution is 2.49. The van der Waals surface area contributed by atoms with Crippen LogP contribution in [0, 0.1) is 17.8 Å². The second-order valence-electron chi connectivity index (χ2n) is 6.71. The molecule has 0 radical (unpaired) electrons. The molecule has 2 aromatic rings. The highest BCUT2D eigenvalue weighted by atomic mass is 16.2. The number of rotatable bonds is 4. The monoisotopic (exact) mass is 299 g/mol. The molecule has 1 aromatic carbocycles. The molecule has 6 nitrogen and oxygen atoms in total. The van der Waals surface area contributed by atoms with Crippen LogP contribution in [0.4, 0.5) is 5.69 Å². The molecule has 2 saturated carbocycles. The number of aryl methyl sites for hydroxylation is 1. The van der Waals surface area contributed by atoms with E-state index < -0.39 is 0 Å². The molecule has 6 heteroatoms. The summed E-state index contributed by atoms with van der Waals surface area (Å²) in [5.41, 5.74) is 6.86. The Morgan fingerprint density at radius 1 is 1.14 bits per heavy atom. The van der Waals surface area contributed by atoms with E-state index in [4.69, 9.17) is 5.73 Å². The lowest BCUT2D eigenvalue weighted by atomic mass is 9.86. The number of fused-ring (bicyclic) bond motifs is 2. The largest absolute Gasteiger partial charge is 0.399 e. The molecule has 2 bridgehead atoms. The standard InChI is InChI=1S/C16H21N5O/c17-14-3-5-15(6-4-14)21-16(22)20(18-19-21)8-7-13-10-11-1-2-12(13)9-11/h3-6,11-13H,1-2,7-10,17H2. The number of benzene rings is 1. The maximum absolute atomic E-state index is 12.4. The first-order valence-electron chi connectivity index (χ1n) is 8.09. The van der Waals surface area contributed by atoms with Crippen LogP contribution in [0.25, 0.3) is 5.69 Å². The lowest BCUT2D eigenvalue weighted by molar-refractivity contribution is 0.294. The van der Waals surface area contributed by atoms with Gasteiger partial charge in [-0.25, -0.2) is 4.79 Å². The van der Waals surface area contributed by atoms with Crippen molar-refractivity contribution in [2.45, 2.75) is 38.6 Å². The SMILES string of the molecule is Nc1ccc(-n2nnn(CCC3CC4CCC3C4)c2=O)cc1. The molecular formula is C16H21N5O. The number of hydrogen-bond acceptors (Lipinski definition) is 4. The number of nitrogens with two attached hydrogens (primary N) is 1. The Morgan fingerprint density at radius 3 is 2.64 bits per heavy atom. The third kappa shape index (κ3) is 2.32. The van der Waals surface area contributed by atoms with Crippen molar-refractivity contribution in [1.82, 2.24) is 19.8 Å². The van der Waals surface area contributed by atoms with Gasteiger partial charge < -0.3 is 5.73 Å². The van der Waals surface area contributed by atoms with Crippen LogP contribution in [0.1, 0.15) is 32.1 Å². The Hall–Kier alpha value is -2.11. The zero-order valence-electron chi connectivity index (χ0n) is 12.6. The van der Waals surface area contributed by atoms with Gasteiger partial charge in [-0.3, -0.25) is 0 Å². The van der Waals surface area contributed by atoms with Crippen molar-refractivity contribution in [3.63, 3.8) is 0 Å². The van der Waals surface area contributed by atoms with Crippen LogP contribution in [0.5, 0.6) is 0 Å². The summed E-state index contributed by atoms with van der Waals surface area (Å²) >= 11 is 0. The third-order valence-corrected chi connectivity index (χ3v) is 5.37. The van der Waals surface area contributed by atoms with Crippen LogP contribution in [0.15, 0.2) is 29.1 Å². The number of nitrogen functional groups attached to an aromatic ring is 1. The fourth-order valence-corrected chi connectivity index (χ4v) is 4.21. The topological polar surface area (TPSA) is 78.7 Å². The average Bonchev–Trinajstić information content (AvgIpc) is 3.22. The summed E-state index contributed by atoms with van der Waals surface area (Å²) in [6, 6.07) is 7.09. The van der Waals surface area contributed by atoms with Crippen molar-refractivity contribution >= 4 is 5.69 Å². The van der Waals surface area contributed by atoms with E-state index in [9.17, 15) is 4.79 Å². The molecule has 2 aliphatic carbocycles. The van der Waals surface area contributed by atoms with Crippen LogP contribution in [-0.4, -0.2) is 19.8 Å². The van der Waals surface area contributed by atoms with Gasteiger partial charge in [0.05, 0.1) is 5.69 Å². The summed E-state index contributed by atoms with van der Waals surface area (Å²) in [5, 5.41) is 8.01. The van der Waals surface area contributed by atoms with Crippen molar-refractivity contribution in [2.24, 2.45) is 17.8 Å². The van der Waals surface area contributed by atoms with Crippen molar-refractivity contribution < 1.29 is 0 Å². The molecule has 2 N–H and O–H groups in total. The molecule has 0 spiro atoms. The number of nitrogens with zero attached hydrogens (tertiary/aromatic N) is 4. The highest BCUT2D eigenvalue weighted by molar-refractivity contribution is 5.44. The van der Waals surface area contributed by atoms with Gasteiger partial charge in [0.2, 0.25) is 0 Å². The molecule has 1 heterocycles. The molecule has 116 valence electrons. The molecule has 22 heavy (non-hydrogen) atoms. The normalized spacial score (nSPS) is 26.6. The van der Waals surface area contributed by atoms with Gasteiger partial charge >= 0.3 is 5.69 Å². The highest BCUT2D eigenvalue weighted by Gasteiger charge is 2.39. The minimum atomic E-state index is -0.173. The molecule has 1 aromatic heterocycles. The van der Waals surface area contributed by atoms with Crippen molar-refractivity contribution in [3.8, 4) is 5.69 Å². The third-order valence-electron chi connectivity index (χ3n) is 5.37. The summed E-state index contributed by atoms with van der Waals surface area (Å²) in [5.74, 6) is 2.59. The van der Waals surface area contributed by atoms with Gasteiger partial charge in [-0.05, 0) is 78.1 Å². The Kier molecular flexibility index (Phi) is 3.24. The molecule has 3 atom stereocenters. The number of tetrazole rings is 1. The fourth-order valence-electron chi connectivity index (χ4n) is 4.21. The second-order valence-corrected chi connectivity index (χ2v) is 6.71. The summed E-state index contributed by atoms with van der Waals surface area (Å²) in [6.07, 6.45) is 6.57. The zero-order chi connectivity index (χ0) is 15.1. The van der Waals surface area contributed by atoms with E-state index in [1.807, 2.05) is 0 Å². The fraction of sp³-hybridized carbons (Fsp3) is 0.562. The first-order valence-corrected chi connectivity index (χ1v) is 8.09. The van der Waals surface area contributed by atoms with E-state index >= 15 is 0 Å². The summed E-state index contributed by atoms with van der Waals surface area (Å²) in [4.78, 5) is 12.4. The lowest BCUT2D eigenvalue weighted by Crippen LogP contribution is -2.25. The number of hydrogen-bond donors (Lipinski definition) is 1. The molecule has 3 unspecified atom stereocenters. The number of anilines is 1. The minimum Gasteiger partial charge on any atom is -0.399 e. The van der Waals surface area contributed by atoms with Crippen LogP contribution in [-0.2, 0) is 6.54 Å². The molecule has 0 aliphatic heterocycles. The Labute approximate surface area is 128 Å². The Bertz CT molecular complexity index is 717. The van der Waals surface area contributed by atoms with E-state index in [1.54, 1.807) is 24.3 Å². The van der Waals surface area contributed by atoms with E-state index in [1.165, 1.54) is 35.0 Å². The van der Waals surface area contributed by atoms with Gasteiger partial charge in [0.15, 0.2) is 0 Å². The van der Waals surface area contributed by atoms with Crippen LogP contribution >= 0.6 is 0 Å². The predicted octanol–water partition coefficient (Wildman–Crippen LogP) is 1.84. The number of aromatic nitrogens is 4. The van der Waals surface area contributed by atoms with Crippen LogP contribution in [0.3, 0.4) is 0 Å². The summed E-state index contributed by atoms with van der Waals surface area (Å²) in [6.45, 7) is 0.668. The smallest absolute Gasteiger partial charge is 0.368 e. The molecular weight excluding hydrogens is 278 g/mol. The van der Waals surface area contributed by atoms with Gasteiger partial charge in [-0.2, -0.15) is 9.36 Å². The second kappa shape index (κ2) is 5.26. The Morgan fingerprint density at radius 2 is 1.95 bits per heavy atom. The van der Waals surface area contributed by atoms with E-state index in [-0.39, 0.29) is 5.69 Å². The zero-order valence-corrected chi connectivity index (χ0v) is 12.6. The van der Waals surface area contributed by atoms with Crippen molar-refractivity contribution in [1.29, 1.82) is 0 Å². The maximum Gasteiger partial charge on any atom is 0.368 e. The summed E-state index contributed by atoms with van der Waals surface area (Å²) < 4.78 is 2.82. The van der Waals surface area contributed by atoms with Gasteiger partial charge in [-0.15, -0.1) is 0 Å². The van der Waals surface area contributed by atoms with E-state index in [2.05, 4.69) is 10.4 Å². The van der Waals surface area contributed by atoms with Crippen molar-refractivity contribution in [2.75, 3.05) is 5.73 Å². The molecule has 0 saturated heterocycles. The Balaban J connectivity index is 1.47. The molecule has 2 aliphatic rings. The quantitative estimate of drug-likeness (QED) is 0.874. The van der Waals surface area contributed by atoms with Gasteiger partial charge in [0.25, 0.3) is 0 Å². The van der Waals surface area contributed by atoms with Crippen LogP contribution < -0.4 is 11.4 Å². The minimum absolute atomic E-state index is 0.173. The first kappa shape index (κ1) is 13.5.